The van der Waals surface area contributed by atoms with Crippen molar-refractivity contribution in [3.8, 4) is 22.8 Å². The van der Waals surface area contributed by atoms with Crippen LogP contribution in [0.1, 0.15) is 12.7 Å². The third-order valence-corrected chi connectivity index (χ3v) is 5.23. The van der Waals surface area contributed by atoms with Gasteiger partial charge in [0.15, 0.2) is 16.8 Å². The smallest absolute Gasteiger partial charge is 0.236 e. The molecule has 0 radical (unpaired) electrons. The van der Waals surface area contributed by atoms with E-state index in [2.05, 4.69) is 20.7 Å². The van der Waals surface area contributed by atoms with Gasteiger partial charge in [-0.2, -0.15) is 0 Å². The maximum absolute atomic E-state index is 12.3. The third kappa shape index (κ3) is 4.95. The van der Waals surface area contributed by atoms with E-state index >= 15 is 0 Å². The van der Waals surface area contributed by atoms with Crippen molar-refractivity contribution in [1.29, 1.82) is 0 Å². The van der Waals surface area contributed by atoms with Crippen LogP contribution in [0.15, 0.2) is 70.3 Å². The second kappa shape index (κ2) is 9.48. The number of carbonyl (C=O) groups excluding carboxylic acids is 1. The summed E-state index contributed by atoms with van der Waals surface area (Å²) in [6.07, 6.45) is 0. The third-order valence-electron chi connectivity index (χ3n) is 4.30. The standard InChI is InChI=1S/C22H21N5O3S/c1-3-29-18-11-9-17(10-12-18)27-21(16-7-5-4-6-8-16)24-25-22(27)31-14-20(28)23-19-13-15(2)30-26-19/h4-13H,3,14H2,1-2H3,(H,23,26,28). The van der Waals surface area contributed by atoms with Gasteiger partial charge in [0.2, 0.25) is 5.91 Å². The molecule has 0 spiro atoms. The van der Waals surface area contributed by atoms with Crippen LogP contribution in [0.4, 0.5) is 5.82 Å². The number of rotatable bonds is 8. The van der Waals surface area contributed by atoms with Crippen molar-refractivity contribution >= 4 is 23.5 Å². The van der Waals surface area contributed by atoms with Gasteiger partial charge < -0.3 is 14.6 Å². The van der Waals surface area contributed by atoms with E-state index in [0.29, 0.717) is 29.2 Å². The molecule has 0 fully saturated rings. The van der Waals surface area contributed by atoms with E-state index in [0.717, 1.165) is 17.0 Å². The summed E-state index contributed by atoms with van der Waals surface area (Å²) < 4.78 is 12.5. The van der Waals surface area contributed by atoms with Gasteiger partial charge in [0.25, 0.3) is 0 Å². The minimum Gasteiger partial charge on any atom is -0.494 e. The van der Waals surface area contributed by atoms with Crippen molar-refractivity contribution in [3.63, 3.8) is 0 Å². The van der Waals surface area contributed by atoms with E-state index < -0.39 is 0 Å². The van der Waals surface area contributed by atoms with Crippen molar-refractivity contribution in [2.75, 3.05) is 17.7 Å². The summed E-state index contributed by atoms with van der Waals surface area (Å²) in [6.45, 7) is 4.31. The van der Waals surface area contributed by atoms with Gasteiger partial charge in [0, 0.05) is 17.3 Å². The first-order valence-corrected chi connectivity index (χ1v) is 10.7. The Kier molecular flexibility index (Phi) is 6.32. The van der Waals surface area contributed by atoms with Gasteiger partial charge >= 0.3 is 0 Å². The Balaban J connectivity index is 1.59. The molecule has 0 aliphatic carbocycles. The van der Waals surface area contributed by atoms with E-state index in [1.807, 2.05) is 66.1 Å². The molecule has 1 N–H and O–H groups in total. The number of hydrogen-bond acceptors (Lipinski definition) is 7. The minimum atomic E-state index is -0.208. The molecule has 0 atom stereocenters. The van der Waals surface area contributed by atoms with Crippen LogP contribution in [0.25, 0.3) is 17.1 Å². The first-order chi connectivity index (χ1) is 15.1. The Morgan fingerprint density at radius 3 is 2.58 bits per heavy atom. The Bertz CT molecular complexity index is 1160. The van der Waals surface area contributed by atoms with Gasteiger partial charge in [-0.05, 0) is 38.1 Å². The lowest BCUT2D eigenvalue weighted by atomic mass is 10.2. The van der Waals surface area contributed by atoms with Gasteiger partial charge in [-0.15, -0.1) is 10.2 Å². The van der Waals surface area contributed by atoms with Crippen LogP contribution in [0.2, 0.25) is 0 Å². The van der Waals surface area contributed by atoms with E-state index in [1.165, 1.54) is 11.8 Å². The number of carbonyl (C=O) groups is 1. The number of anilines is 1. The number of aromatic nitrogens is 4. The largest absolute Gasteiger partial charge is 0.494 e. The molecule has 1 amide bonds. The highest BCUT2D eigenvalue weighted by Crippen LogP contribution is 2.29. The molecule has 4 rings (SSSR count). The van der Waals surface area contributed by atoms with Crippen LogP contribution in [0, 0.1) is 6.92 Å². The van der Waals surface area contributed by atoms with Crippen LogP contribution < -0.4 is 10.1 Å². The summed E-state index contributed by atoms with van der Waals surface area (Å²) in [4.78, 5) is 12.3. The van der Waals surface area contributed by atoms with Crippen LogP contribution in [0.5, 0.6) is 5.75 Å². The highest BCUT2D eigenvalue weighted by molar-refractivity contribution is 7.99. The molecule has 2 aromatic heterocycles. The molecule has 9 heteroatoms. The van der Waals surface area contributed by atoms with E-state index in [1.54, 1.807) is 13.0 Å². The van der Waals surface area contributed by atoms with Crippen molar-refractivity contribution < 1.29 is 14.1 Å². The summed E-state index contributed by atoms with van der Waals surface area (Å²) >= 11 is 1.29. The first kappa shape index (κ1) is 20.7. The predicted molar refractivity (Wildman–Crippen MR) is 119 cm³/mol. The summed E-state index contributed by atoms with van der Waals surface area (Å²) in [5.74, 6) is 2.44. The molecular formula is C22H21N5O3S. The van der Waals surface area contributed by atoms with E-state index in [4.69, 9.17) is 9.26 Å². The Morgan fingerprint density at radius 2 is 1.90 bits per heavy atom. The molecule has 0 saturated heterocycles. The quantitative estimate of drug-likeness (QED) is 0.411. The van der Waals surface area contributed by atoms with Gasteiger partial charge in [0.1, 0.15) is 11.5 Å². The zero-order valence-electron chi connectivity index (χ0n) is 17.1. The molecule has 0 aliphatic rings. The zero-order chi connectivity index (χ0) is 21.6. The number of aryl methyl sites for hydroxylation is 1. The average molecular weight is 436 g/mol. The normalized spacial score (nSPS) is 10.8. The second-order valence-electron chi connectivity index (χ2n) is 6.59. The minimum absolute atomic E-state index is 0.149. The number of nitrogens with one attached hydrogen (secondary N) is 1. The fourth-order valence-corrected chi connectivity index (χ4v) is 3.71. The Hall–Kier alpha value is -3.59. The number of hydrogen-bond donors (Lipinski definition) is 1. The maximum atomic E-state index is 12.3. The molecule has 0 aliphatic heterocycles. The molecule has 0 unspecified atom stereocenters. The van der Waals surface area contributed by atoms with Crippen LogP contribution in [-0.2, 0) is 4.79 Å². The lowest BCUT2D eigenvalue weighted by molar-refractivity contribution is -0.113. The fraction of sp³-hybridized carbons (Fsp3) is 0.182. The summed E-state index contributed by atoms with van der Waals surface area (Å²) in [7, 11) is 0. The van der Waals surface area contributed by atoms with Gasteiger partial charge in [0.05, 0.1) is 12.4 Å². The van der Waals surface area contributed by atoms with Crippen LogP contribution in [-0.4, -0.2) is 38.2 Å². The van der Waals surface area contributed by atoms with Gasteiger partial charge in [-0.3, -0.25) is 9.36 Å². The molecule has 2 aromatic carbocycles. The predicted octanol–water partition coefficient (Wildman–Crippen LogP) is 4.36. The molecule has 2 heterocycles. The highest BCUT2D eigenvalue weighted by Gasteiger charge is 2.18. The summed E-state index contributed by atoms with van der Waals surface area (Å²) in [5, 5.41) is 15.8. The Morgan fingerprint density at radius 1 is 1.13 bits per heavy atom. The lowest BCUT2D eigenvalue weighted by Gasteiger charge is -2.11. The number of ether oxygens (including phenoxy) is 1. The molecule has 4 aromatic rings. The van der Waals surface area contributed by atoms with Crippen molar-refractivity contribution in [2.45, 2.75) is 19.0 Å². The first-order valence-electron chi connectivity index (χ1n) is 9.74. The lowest BCUT2D eigenvalue weighted by Crippen LogP contribution is -2.14. The zero-order valence-corrected chi connectivity index (χ0v) is 17.9. The monoisotopic (exact) mass is 435 g/mol. The molecule has 158 valence electrons. The van der Waals surface area contributed by atoms with Crippen molar-refractivity contribution in [2.24, 2.45) is 0 Å². The maximum Gasteiger partial charge on any atom is 0.236 e. The van der Waals surface area contributed by atoms with E-state index in [-0.39, 0.29) is 11.7 Å². The summed E-state index contributed by atoms with van der Waals surface area (Å²) in [5.41, 5.74) is 1.81. The van der Waals surface area contributed by atoms with Crippen molar-refractivity contribution in [1.82, 2.24) is 19.9 Å². The SMILES string of the molecule is CCOc1ccc(-n2c(SCC(=O)Nc3cc(C)on3)nnc2-c2ccccc2)cc1. The van der Waals surface area contributed by atoms with Crippen LogP contribution in [0.3, 0.4) is 0 Å². The van der Waals surface area contributed by atoms with E-state index in [9.17, 15) is 4.79 Å². The summed E-state index contributed by atoms with van der Waals surface area (Å²) in [6, 6.07) is 19.2. The number of nitrogens with zero attached hydrogens (tertiary/aromatic N) is 4. The highest BCUT2D eigenvalue weighted by atomic mass is 32.2. The second-order valence-corrected chi connectivity index (χ2v) is 7.54. The molecule has 0 saturated carbocycles. The number of amides is 1. The molecular weight excluding hydrogens is 414 g/mol. The number of thioether (sulfide) groups is 1. The average Bonchev–Trinajstić information content (AvgIpc) is 3.39. The molecule has 8 nitrogen and oxygen atoms in total. The topological polar surface area (TPSA) is 95.1 Å². The molecule has 0 bridgehead atoms. The molecule has 31 heavy (non-hydrogen) atoms. The number of benzene rings is 2. The Labute approximate surface area is 183 Å². The van der Waals surface area contributed by atoms with Crippen LogP contribution >= 0.6 is 11.8 Å². The van der Waals surface area contributed by atoms with Gasteiger partial charge in [-0.25, -0.2) is 0 Å². The van der Waals surface area contributed by atoms with Gasteiger partial charge in [-0.1, -0.05) is 47.3 Å². The van der Waals surface area contributed by atoms with Crippen molar-refractivity contribution in [3.05, 3.63) is 66.4 Å². The fourth-order valence-electron chi connectivity index (χ4n) is 2.96.